The van der Waals surface area contributed by atoms with Crippen molar-refractivity contribution in [3.63, 3.8) is 0 Å². The number of fused-ring (bicyclic) bond motifs is 1. The van der Waals surface area contributed by atoms with Crippen molar-refractivity contribution in [1.82, 2.24) is 34.5 Å². The number of rotatable bonds is 6. The molecule has 6 rings (SSSR count). The molecule has 0 spiro atoms. The maximum absolute atomic E-state index is 14.5. The SMILES string of the molecule is COc1ncc(-c2cc(Cn3cnc4c(N)ncnc43)c(N3CCC[C@](N)(c4cccc(Cl)n4)C3)cn2)cc1F. The van der Waals surface area contributed by atoms with Gasteiger partial charge in [0.1, 0.15) is 17.0 Å². The highest BCUT2D eigenvalue weighted by atomic mass is 35.5. The number of halogens is 2. The fraction of sp³-hybridized carbons (Fsp3) is 0.259. The van der Waals surface area contributed by atoms with Crippen LogP contribution in [0.4, 0.5) is 15.9 Å². The first kappa shape index (κ1) is 25.8. The van der Waals surface area contributed by atoms with Crippen molar-refractivity contribution in [3.8, 4) is 17.1 Å². The zero-order valence-corrected chi connectivity index (χ0v) is 22.4. The second-order valence-corrected chi connectivity index (χ2v) is 10.1. The van der Waals surface area contributed by atoms with E-state index in [9.17, 15) is 4.39 Å². The summed E-state index contributed by atoms with van der Waals surface area (Å²) in [5, 5.41) is 0.403. The summed E-state index contributed by atoms with van der Waals surface area (Å²) >= 11 is 6.19. The summed E-state index contributed by atoms with van der Waals surface area (Å²) in [6.45, 7) is 1.67. The van der Waals surface area contributed by atoms with Crippen LogP contribution in [0.1, 0.15) is 24.1 Å². The second kappa shape index (κ2) is 10.3. The van der Waals surface area contributed by atoms with Crippen LogP contribution in [-0.4, -0.2) is 54.7 Å². The Morgan fingerprint density at radius 2 is 2.00 bits per heavy atom. The quantitative estimate of drug-likeness (QED) is 0.295. The van der Waals surface area contributed by atoms with E-state index in [0.717, 1.165) is 36.3 Å². The van der Waals surface area contributed by atoms with Crippen LogP contribution in [0.5, 0.6) is 5.88 Å². The summed E-state index contributed by atoms with van der Waals surface area (Å²) in [6, 6.07) is 8.77. The molecule has 5 aromatic rings. The predicted octanol–water partition coefficient (Wildman–Crippen LogP) is 3.56. The van der Waals surface area contributed by atoms with Crippen LogP contribution >= 0.6 is 11.6 Å². The second-order valence-electron chi connectivity index (χ2n) is 9.74. The van der Waals surface area contributed by atoms with Gasteiger partial charge in [0.25, 0.3) is 0 Å². The molecule has 4 N–H and O–H groups in total. The van der Waals surface area contributed by atoms with E-state index in [1.165, 1.54) is 25.7 Å². The van der Waals surface area contributed by atoms with Crippen molar-refractivity contribution < 1.29 is 9.13 Å². The van der Waals surface area contributed by atoms with Crippen molar-refractivity contribution in [2.24, 2.45) is 5.73 Å². The maximum atomic E-state index is 14.5. The first-order chi connectivity index (χ1) is 19.3. The smallest absolute Gasteiger partial charge is 0.250 e. The zero-order chi connectivity index (χ0) is 27.9. The lowest BCUT2D eigenvalue weighted by molar-refractivity contribution is 0.345. The van der Waals surface area contributed by atoms with Crippen LogP contribution in [0.25, 0.3) is 22.4 Å². The van der Waals surface area contributed by atoms with Gasteiger partial charge in [0.15, 0.2) is 17.3 Å². The minimum Gasteiger partial charge on any atom is -0.479 e. The molecule has 1 aliphatic rings. The van der Waals surface area contributed by atoms with Crippen molar-refractivity contribution in [2.75, 3.05) is 30.8 Å². The Bertz CT molecular complexity index is 1710. The summed E-state index contributed by atoms with van der Waals surface area (Å²) in [5.41, 5.74) is 17.0. The van der Waals surface area contributed by atoms with E-state index in [0.29, 0.717) is 46.5 Å². The van der Waals surface area contributed by atoms with Crippen molar-refractivity contribution >= 4 is 34.3 Å². The molecule has 5 aromatic heterocycles. The fourth-order valence-corrected chi connectivity index (χ4v) is 5.32. The first-order valence-corrected chi connectivity index (χ1v) is 13.0. The molecule has 1 saturated heterocycles. The Morgan fingerprint density at radius 1 is 1.12 bits per heavy atom. The standard InChI is InChI=1S/C27H26ClFN10O/c1-40-26-18(29)8-16(10-33-26)19-9-17(12-39-15-36-23-24(30)34-14-35-25(23)39)20(11-32-19)38-7-3-6-27(31,13-38)21-4-2-5-22(28)37-21/h2,4-5,8-11,14-15H,3,6-7,12-13,31H2,1H3,(H2,30,34,35)/t27-/m1/s1. The van der Waals surface area contributed by atoms with Crippen molar-refractivity contribution in [3.05, 3.63) is 77.6 Å². The zero-order valence-electron chi connectivity index (χ0n) is 21.6. The lowest BCUT2D eigenvalue weighted by Crippen LogP contribution is -2.52. The summed E-state index contributed by atoms with van der Waals surface area (Å²) < 4.78 is 21.4. The number of aromatic nitrogens is 7. The largest absolute Gasteiger partial charge is 0.479 e. The monoisotopic (exact) mass is 560 g/mol. The van der Waals surface area contributed by atoms with Gasteiger partial charge in [-0.05, 0) is 42.7 Å². The van der Waals surface area contributed by atoms with Crippen LogP contribution in [0.15, 0.2) is 55.4 Å². The molecular weight excluding hydrogens is 535 g/mol. The van der Waals surface area contributed by atoms with Gasteiger partial charge < -0.3 is 25.7 Å². The third kappa shape index (κ3) is 4.75. The topological polar surface area (TPSA) is 147 Å². The number of anilines is 2. The van der Waals surface area contributed by atoms with Crippen LogP contribution in [0.3, 0.4) is 0 Å². The van der Waals surface area contributed by atoms with E-state index >= 15 is 0 Å². The number of piperidine rings is 1. The van der Waals surface area contributed by atoms with Gasteiger partial charge in [0, 0.05) is 24.8 Å². The van der Waals surface area contributed by atoms with Gasteiger partial charge in [-0.15, -0.1) is 0 Å². The maximum Gasteiger partial charge on any atom is 0.250 e. The Morgan fingerprint density at radius 3 is 2.80 bits per heavy atom. The molecule has 1 atom stereocenters. The molecule has 0 unspecified atom stereocenters. The van der Waals surface area contributed by atoms with E-state index in [1.54, 1.807) is 18.6 Å². The molecule has 40 heavy (non-hydrogen) atoms. The number of hydrogen-bond donors (Lipinski definition) is 2. The lowest BCUT2D eigenvalue weighted by Gasteiger charge is -2.41. The van der Waals surface area contributed by atoms with Crippen LogP contribution < -0.4 is 21.1 Å². The van der Waals surface area contributed by atoms with Crippen LogP contribution in [0.2, 0.25) is 5.15 Å². The number of imidazole rings is 1. The average molecular weight is 561 g/mol. The van der Waals surface area contributed by atoms with E-state index in [-0.39, 0.29) is 5.88 Å². The highest BCUT2D eigenvalue weighted by Gasteiger charge is 2.35. The molecule has 0 bridgehead atoms. The number of ether oxygens (including phenoxy) is 1. The van der Waals surface area contributed by atoms with Crippen molar-refractivity contribution in [2.45, 2.75) is 24.9 Å². The molecule has 204 valence electrons. The predicted molar refractivity (Wildman–Crippen MR) is 149 cm³/mol. The molecule has 13 heteroatoms. The molecule has 11 nitrogen and oxygen atoms in total. The Hall–Kier alpha value is -4.42. The normalized spacial score (nSPS) is 17.4. The molecular formula is C27H26ClFN10O. The highest BCUT2D eigenvalue weighted by Crippen LogP contribution is 2.35. The van der Waals surface area contributed by atoms with E-state index in [1.807, 2.05) is 22.8 Å². The molecule has 0 aromatic carbocycles. The fourth-order valence-electron chi connectivity index (χ4n) is 5.16. The van der Waals surface area contributed by atoms with Crippen molar-refractivity contribution in [1.29, 1.82) is 0 Å². The van der Waals surface area contributed by atoms with Crippen LogP contribution in [0, 0.1) is 5.82 Å². The molecule has 0 amide bonds. The van der Waals surface area contributed by atoms with Gasteiger partial charge >= 0.3 is 0 Å². The van der Waals surface area contributed by atoms with Gasteiger partial charge in [-0.2, -0.15) is 0 Å². The number of pyridine rings is 3. The molecule has 6 heterocycles. The van der Waals surface area contributed by atoms with E-state index in [4.69, 9.17) is 27.8 Å². The Kier molecular flexibility index (Phi) is 6.64. The summed E-state index contributed by atoms with van der Waals surface area (Å²) in [7, 11) is 1.37. The molecule has 0 aliphatic carbocycles. The minimum atomic E-state index is -0.703. The van der Waals surface area contributed by atoms with Gasteiger partial charge in [0.2, 0.25) is 5.88 Å². The Balaban J connectivity index is 1.42. The minimum absolute atomic E-state index is 0.0787. The average Bonchev–Trinajstić information content (AvgIpc) is 3.37. The number of nitrogens with two attached hydrogens (primary N) is 2. The lowest BCUT2D eigenvalue weighted by atomic mass is 9.86. The molecule has 0 saturated carbocycles. The number of hydrogen-bond acceptors (Lipinski definition) is 10. The Labute approximate surface area is 234 Å². The summed E-state index contributed by atoms with van der Waals surface area (Å²) in [6.07, 6.45) is 8.00. The first-order valence-electron chi connectivity index (χ1n) is 12.6. The van der Waals surface area contributed by atoms with Gasteiger partial charge in [-0.3, -0.25) is 4.98 Å². The van der Waals surface area contributed by atoms with E-state index in [2.05, 4.69) is 34.8 Å². The highest BCUT2D eigenvalue weighted by molar-refractivity contribution is 6.29. The van der Waals surface area contributed by atoms with Crippen LogP contribution in [-0.2, 0) is 12.1 Å². The van der Waals surface area contributed by atoms with Gasteiger partial charge in [0.05, 0.1) is 48.8 Å². The van der Waals surface area contributed by atoms with Gasteiger partial charge in [-0.1, -0.05) is 17.7 Å². The molecule has 0 radical (unpaired) electrons. The number of nitrogen functional groups attached to an aromatic ring is 1. The molecule has 1 aliphatic heterocycles. The van der Waals surface area contributed by atoms with Gasteiger partial charge in [-0.25, -0.2) is 29.3 Å². The third-order valence-corrected chi connectivity index (χ3v) is 7.33. The number of methoxy groups -OCH3 is 1. The van der Waals surface area contributed by atoms with E-state index < -0.39 is 11.4 Å². The number of nitrogens with zero attached hydrogens (tertiary/aromatic N) is 8. The summed E-state index contributed by atoms with van der Waals surface area (Å²) in [5.74, 6) is -0.347. The third-order valence-electron chi connectivity index (χ3n) is 7.12. The summed E-state index contributed by atoms with van der Waals surface area (Å²) in [4.78, 5) is 28.3. The molecule has 1 fully saturated rings.